The highest BCUT2D eigenvalue weighted by atomic mass is 19.4. The summed E-state index contributed by atoms with van der Waals surface area (Å²) in [6.45, 7) is 2.47. The molecule has 2 heterocycles. The Labute approximate surface area is 161 Å². The fourth-order valence-corrected chi connectivity index (χ4v) is 2.90. The summed E-state index contributed by atoms with van der Waals surface area (Å²) in [5.41, 5.74) is 0.717. The average Bonchev–Trinajstić information content (AvgIpc) is 2.67. The van der Waals surface area contributed by atoms with E-state index < -0.39 is 12.8 Å². The second-order valence-electron chi connectivity index (χ2n) is 6.32. The van der Waals surface area contributed by atoms with E-state index in [-0.39, 0.29) is 17.8 Å². The number of aromatic nitrogens is 1. The number of carbonyl (C=O) groups is 1. The van der Waals surface area contributed by atoms with Gasteiger partial charge in [-0.05, 0) is 31.4 Å². The Bertz CT molecular complexity index is 674. The van der Waals surface area contributed by atoms with Crippen LogP contribution in [0.3, 0.4) is 0 Å². The van der Waals surface area contributed by atoms with Gasteiger partial charge in [-0.2, -0.15) is 13.2 Å². The number of rotatable bonds is 6. The Balaban J connectivity index is 1.85. The molecule has 0 amide bonds. The van der Waals surface area contributed by atoms with Crippen LogP contribution in [0.2, 0.25) is 0 Å². The normalized spacial score (nSPS) is 16.0. The number of aliphatic imine (C=N–C) groups is 1. The maximum absolute atomic E-state index is 12.3. The number of nitrogens with one attached hydrogen (secondary N) is 1. The van der Waals surface area contributed by atoms with E-state index in [1.54, 1.807) is 20.0 Å². The average molecular weight is 402 g/mol. The molecule has 0 aliphatic carbocycles. The first kappa shape index (κ1) is 21.8. The maximum Gasteiger partial charge on any atom is 0.422 e. The Morgan fingerprint density at radius 3 is 2.71 bits per heavy atom. The number of guanidine groups is 1. The summed E-state index contributed by atoms with van der Waals surface area (Å²) >= 11 is 0. The van der Waals surface area contributed by atoms with Crippen LogP contribution in [0.15, 0.2) is 23.3 Å². The van der Waals surface area contributed by atoms with Crippen LogP contribution in [0.1, 0.15) is 25.3 Å². The van der Waals surface area contributed by atoms with E-state index in [4.69, 9.17) is 4.74 Å². The zero-order valence-corrected chi connectivity index (χ0v) is 16.0. The SMILES string of the molecule is CCOC(=O)C1CCN(C(=NC)NCc2ccnc(OCC(F)(F)F)c2)CC1. The third-order valence-electron chi connectivity index (χ3n) is 4.26. The zero-order valence-electron chi connectivity index (χ0n) is 16.0. The quantitative estimate of drug-likeness (QED) is 0.447. The molecule has 1 aliphatic heterocycles. The highest BCUT2D eigenvalue weighted by Crippen LogP contribution is 2.19. The molecule has 0 spiro atoms. The fraction of sp³-hybridized carbons (Fsp3) is 0.611. The van der Waals surface area contributed by atoms with E-state index in [0.717, 1.165) is 5.56 Å². The number of esters is 1. The van der Waals surface area contributed by atoms with Crippen LogP contribution >= 0.6 is 0 Å². The Kier molecular flexibility index (Phi) is 7.89. The van der Waals surface area contributed by atoms with Gasteiger partial charge in [0.05, 0.1) is 12.5 Å². The minimum Gasteiger partial charge on any atom is -0.468 e. The molecule has 1 N–H and O–H groups in total. The molecule has 1 aliphatic rings. The lowest BCUT2D eigenvalue weighted by molar-refractivity contribution is -0.154. The topological polar surface area (TPSA) is 76.0 Å². The lowest BCUT2D eigenvalue weighted by atomic mass is 9.97. The number of ether oxygens (including phenoxy) is 2. The van der Waals surface area contributed by atoms with Gasteiger partial charge in [0, 0.05) is 38.9 Å². The molecule has 7 nitrogen and oxygen atoms in total. The molecule has 156 valence electrons. The number of piperidine rings is 1. The number of hydrogen-bond acceptors (Lipinski definition) is 5. The summed E-state index contributed by atoms with van der Waals surface area (Å²) in [4.78, 5) is 21.9. The molecule has 0 radical (unpaired) electrons. The van der Waals surface area contributed by atoms with Crippen molar-refractivity contribution in [1.82, 2.24) is 15.2 Å². The second kappa shape index (κ2) is 10.1. The maximum atomic E-state index is 12.3. The van der Waals surface area contributed by atoms with Gasteiger partial charge in [0.15, 0.2) is 12.6 Å². The minimum absolute atomic E-state index is 0.0816. The number of alkyl halides is 3. The highest BCUT2D eigenvalue weighted by molar-refractivity contribution is 5.80. The fourth-order valence-electron chi connectivity index (χ4n) is 2.90. The molecular formula is C18H25F3N4O3. The molecule has 1 saturated heterocycles. The van der Waals surface area contributed by atoms with Crippen molar-refractivity contribution in [3.8, 4) is 5.88 Å². The van der Waals surface area contributed by atoms with Crippen LogP contribution in [0.25, 0.3) is 0 Å². The molecule has 1 fully saturated rings. The highest BCUT2D eigenvalue weighted by Gasteiger charge is 2.29. The number of carbonyl (C=O) groups excluding carboxylic acids is 1. The molecule has 0 unspecified atom stereocenters. The van der Waals surface area contributed by atoms with E-state index in [1.165, 1.54) is 12.3 Å². The van der Waals surface area contributed by atoms with E-state index in [1.807, 2.05) is 4.90 Å². The number of hydrogen-bond donors (Lipinski definition) is 1. The van der Waals surface area contributed by atoms with Gasteiger partial charge in [-0.3, -0.25) is 9.79 Å². The molecule has 0 bridgehead atoms. The van der Waals surface area contributed by atoms with Gasteiger partial charge < -0.3 is 19.7 Å². The van der Waals surface area contributed by atoms with Crippen molar-refractivity contribution in [2.45, 2.75) is 32.5 Å². The molecular weight excluding hydrogens is 377 g/mol. The van der Waals surface area contributed by atoms with Crippen molar-refractivity contribution in [2.75, 3.05) is 33.4 Å². The van der Waals surface area contributed by atoms with Crippen molar-refractivity contribution in [2.24, 2.45) is 10.9 Å². The van der Waals surface area contributed by atoms with E-state index >= 15 is 0 Å². The molecule has 1 aromatic rings. The second-order valence-corrected chi connectivity index (χ2v) is 6.32. The van der Waals surface area contributed by atoms with Gasteiger partial charge in [0.1, 0.15) is 0 Å². The summed E-state index contributed by atoms with van der Waals surface area (Å²) in [6.07, 6.45) is -1.64. The molecule has 1 aromatic heterocycles. The first-order valence-electron chi connectivity index (χ1n) is 9.09. The number of nitrogens with zero attached hydrogens (tertiary/aromatic N) is 3. The zero-order chi connectivity index (χ0) is 20.6. The predicted molar refractivity (Wildman–Crippen MR) is 96.9 cm³/mol. The molecule has 10 heteroatoms. The summed E-state index contributed by atoms with van der Waals surface area (Å²) in [7, 11) is 1.66. The molecule has 28 heavy (non-hydrogen) atoms. The molecule has 0 atom stereocenters. The lowest BCUT2D eigenvalue weighted by Gasteiger charge is -2.33. The molecule has 0 saturated carbocycles. The summed E-state index contributed by atoms with van der Waals surface area (Å²) in [5, 5.41) is 3.18. The first-order valence-corrected chi connectivity index (χ1v) is 9.09. The van der Waals surface area contributed by atoms with E-state index in [0.29, 0.717) is 45.0 Å². The van der Waals surface area contributed by atoms with Gasteiger partial charge in [-0.25, -0.2) is 4.98 Å². The van der Waals surface area contributed by atoms with Gasteiger partial charge in [0.25, 0.3) is 0 Å². The monoisotopic (exact) mass is 402 g/mol. The van der Waals surface area contributed by atoms with Crippen molar-refractivity contribution in [3.63, 3.8) is 0 Å². The van der Waals surface area contributed by atoms with Crippen LogP contribution in [-0.4, -0.2) is 61.3 Å². The number of pyridine rings is 1. The van der Waals surface area contributed by atoms with Crippen molar-refractivity contribution < 1.29 is 27.4 Å². The lowest BCUT2D eigenvalue weighted by Crippen LogP contribution is -2.46. The van der Waals surface area contributed by atoms with Crippen molar-refractivity contribution in [3.05, 3.63) is 23.9 Å². The van der Waals surface area contributed by atoms with E-state index in [2.05, 4.69) is 20.0 Å². The molecule has 0 aromatic carbocycles. The predicted octanol–water partition coefficient (Wildman–Crippen LogP) is 2.37. The third-order valence-corrected chi connectivity index (χ3v) is 4.26. The Morgan fingerprint density at radius 2 is 2.11 bits per heavy atom. The van der Waals surface area contributed by atoms with Crippen LogP contribution in [0.4, 0.5) is 13.2 Å². The van der Waals surface area contributed by atoms with E-state index in [9.17, 15) is 18.0 Å². The number of likely N-dealkylation sites (tertiary alicyclic amines) is 1. The van der Waals surface area contributed by atoms with Gasteiger partial charge in [0.2, 0.25) is 5.88 Å². The van der Waals surface area contributed by atoms with Crippen LogP contribution < -0.4 is 10.1 Å². The molecule has 2 rings (SSSR count). The largest absolute Gasteiger partial charge is 0.468 e. The Morgan fingerprint density at radius 1 is 1.39 bits per heavy atom. The minimum atomic E-state index is -4.41. The first-order chi connectivity index (χ1) is 13.3. The van der Waals surface area contributed by atoms with Crippen LogP contribution in [0.5, 0.6) is 5.88 Å². The Hall–Kier alpha value is -2.52. The van der Waals surface area contributed by atoms with Crippen LogP contribution in [0, 0.1) is 5.92 Å². The summed E-state index contributed by atoms with van der Waals surface area (Å²) in [5.74, 6) is 0.329. The summed E-state index contributed by atoms with van der Waals surface area (Å²) in [6, 6.07) is 3.15. The standard InChI is InChI=1S/C18H25F3N4O3/c1-3-27-16(26)14-5-8-25(9-6-14)17(22-2)24-11-13-4-7-23-15(10-13)28-12-18(19,20)21/h4,7,10,14H,3,5-6,8-9,11-12H2,1-2H3,(H,22,24). The third kappa shape index (κ3) is 6.90. The van der Waals surface area contributed by atoms with Crippen LogP contribution in [-0.2, 0) is 16.1 Å². The smallest absolute Gasteiger partial charge is 0.422 e. The van der Waals surface area contributed by atoms with Crippen molar-refractivity contribution in [1.29, 1.82) is 0 Å². The summed E-state index contributed by atoms with van der Waals surface area (Å²) < 4.78 is 46.5. The van der Waals surface area contributed by atoms with Gasteiger partial charge >= 0.3 is 12.1 Å². The van der Waals surface area contributed by atoms with Crippen molar-refractivity contribution >= 4 is 11.9 Å². The van der Waals surface area contributed by atoms with Gasteiger partial charge in [-0.1, -0.05) is 0 Å². The number of halogens is 3. The van der Waals surface area contributed by atoms with Gasteiger partial charge in [-0.15, -0.1) is 0 Å².